The molecule has 18 heavy (non-hydrogen) atoms. The Hall–Kier alpha value is -1.95. The quantitative estimate of drug-likeness (QED) is 0.747. The van der Waals surface area contributed by atoms with Crippen LogP contribution >= 0.6 is 0 Å². The van der Waals surface area contributed by atoms with Crippen molar-refractivity contribution in [3.05, 3.63) is 29.6 Å². The number of ether oxygens (including phenoxy) is 2. The van der Waals surface area contributed by atoms with Gasteiger partial charge in [0, 0.05) is 19.7 Å². The summed E-state index contributed by atoms with van der Waals surface area (Å²) >= 11 is 0. The topological polar surface area (TPSA) is 77.5 Å². The second-order valence-electron chi connectivity index (χ2n) is 3.55. The Bertz CT molecular complexity index is 420. The van der Waals surface area contributed by atoms with Gasteiger partial charge in [0.2, 0.25) is 5.91 Å². The van der Waals surface area contributed by atoms with E-state index in [0.29, 0.717) is 24.3 Å². The number of nitrogens with zero attached hydrogens (tertiary/aromatic N) is 1. The summed E-state index contributed by atoms with van der Waals surface area (Å²) in [4.78, 5) is 26.7. The highest BCUT2D eigenvalue weighted by molar-refractivity contribution is 5.89. The largest absolute Gasteiger partial charge is 0.465 e. The first kappa shape index (κ1) is 14.1. The maximum atomic E-state index is 11.3. The minimum Gasteiger partial charge on any atom is -0.465 e. The molecule has 0 bridgehead atoms. The zero-order chi connectivity index (χ0) is 13.4. The van der Waals surface area contributed by atoms with Crippen molar-refractivity contribution in [3.63, 3.8) is 0 Å². The van der Waals surface area contributed by atoms with Crippen molar-refractivity contribution in [2.45, 2.75) is 13.0 Å². The van der Waals surface area contributed by atoms with Gasteiger partial charge in [0.25, 0.3) is 0 Å². The summed E-state index contributed by atoms with van der Waals surface area (Å²) in [7, 11) is 2.85. The maximum Gasteiger partial charge on any atom is 0.337 e. The van der Waals surface area contributed by atoms with E-state index in [4.69, 9.17) is 4.74 Å². The Balaban J connectivity index is 2.52. The normalized spacial score (nSPS) is 9.89. The third kappa shape index (κ3) is 4.50. The van der Waals surface area contributed by atoms with E-state index < -0.39 is 5.97 Å². The number of hydrogen-bond donors (Lipinski definition) is 1. The number of carbonyl (C=O) groups is 2. The average Bonchev–Trinajstić information content (AvgIpc) is 2.42. The molecule has 0 aliphatic rings. The van der Waals surface area contributed by atoms with Crippen LogP contribution in [0, 0.1) is 0 Å². The lowest BCUT2D eigenvalue weighted by Gasteiger charge is -2.05. The van der Waals surface area contributed by atoms with Crippen molar-refractivity contribution in [1.82, 2.24) is 10.3 Å². The molecule has 0 fully saturated rings. The fraction of sp³-hybridized carbons (Fsp3) is 0.417. The Morgan fingerprint density at radius 1 is 1.39 bits per heavy atom. The molecule has 1 amide bonds. The highest BCUT2D eigenvalue weighted by Crippen LogP contribution is 2.03. The first-order valence-corrected chi connectivity index (χ1v) is 5.46. The van der Waals surface area contributed by atoms with Gasteiger partial charge in [-0.2, -0.15) is 0 Å². The molecule has 1 aromatic rings. The summed E-state index contributed by atoms with van der Waals surface area (Å²) in [6, 6.07) is 3.14. The van der Waals surface area contributed by atoms with Crippen LogP contribution in [-0.2, 0) is 20.8 Å². The predicted molar refractivity (Wildman–Crippen MR) is 63.9 cm³/mol. The molecular formula is C12H16N2O4. The molecule has 0 saturated carbocycles. The number of aromatic nitrogens is 1. The van der Waals surface area contributed by atoms with E-state index in [9.17, 15) is 9.59 Å². The van der Waals surface area contributed by atoms with Gasteiger partial charge in [0.05, 0.1) is 31.5 Å². The Kier molecular flexibility index (Phi) is 5.79. The molecule has 0 spiro atoms. The third-order valence-electron chi connectivity index (χ3n) is 2.24. The molecule has 0 aliphatic heterocycles. The van der Waals surface area contributed by atoms with Crippen molar-refractivity contribution in [2.24, 2.45) is 0 Å². The van der Waals surface area contributed by atoms with Crippen molar-refractivity contribution in [3.8, 4) is 0 Å². The predicted octanol–water partition coefficient (Wildman–Crippen LogP) is 0.521. The number of carbonyl (C=O) groups excluding carboxylic acids is 2. The second-order valence-corrected chi connectivity index (χ2v) is 3.55. The van der Waals surface area contributed by atoms with Gasteiger partial charge in [-0.15, -0.1) is 0 Å². The molecule has 0 aliphatic carbocycles. The lowest BCUT2D eigenvalue weighted by Crippen LogP contribution is -2.24. The van der Waals surface area contributed by atoms with Crippen LogP contribution < -0.4 is 5.32 Å². The molecule has 0 aromatic carbocycles. The lowest BCUT2D eigenvalue weighted by atomic mass is 10.2. The van der Waals surface area contributed by atoms with Gasteiger partial charge in [0.15, 0.2) is 0 Å². The van der Waals surface area contributed by atoms with Crippen molar-refractivity contribution in [2.75, 3.05) is 20.8 Å². The standard InChI is InChI=1S/C12H16N2O4/c1-17-6-4-11(15)14-8-10-7-9(3-5-13-10)12(16)18-2/h3,5,7H,4,6,8H2,1-2H3,(H,14,15). The number of amides is 1. The number of pyridine rings is 1. The molecule has 0 saturated heterocycles. The van der Waals surface area contributed by atoms with E-state index in [0.717, 1.165) is 0 Å². The maximum absolute atomic E-state index is 11.3. The summed E-state index contributed by atoms with van der Waals surface area (Å²) in [5, 5.41) is 2.68. The van der Waals surface area contributed by atoms with Crippen LogP contribution in [0.2, 0.25) is 0 Å². The van der Waals surface area contributed by atoms with Crippen LogP contribution in [0.3, 0.4) is 0 Å². The van der Waals surface area contributed by atoms with E-state index in [1.807, 2.05) is 0 Å². The van der Waals surface area contributed by atoms with Crippen LogP contribution in [0.15, 0.2) is 18.3 Å². The molecule has 0 atom stereocenters. The Morgan fingerprint density at radius 3 is 2.83 bits per heavy atom. The third-order valence-corrected chi connectivity index (χ3v) is 2.24. The minimum atomic E-state index is -0.427. The van der Waals surface area contributed by atoms with E-state index in [1.54, 1.807) is 12.1 Å². The number of methoxy groups -OCH3 is 2. The highest BCUT2D eigenvalue weighted by Gasteiger charge is 2.07. The summed E-state index contributed by atoms with van der Waals surface area (Å²) in [5.41, 5.74) is 1.01. The number of nitrogens with one attached hydrogen (secondary N) is 1. The van der Waals surface area contributed by atoms with Crippen molar-refractivity contribution < 1.29 is 19.1 Å². The zero-order valence-electron chi connectivity index (χ0n) is 10.4. The van der Waals surface area contributed by atoms with Gasteiger partial charge in [-0.1, -0.05) is 0 Å². The number of rotatable bonds is 6. The van der Waals surface area contributed by atoms with Gasteiger partial charge >= 0.3 is 5.97 Å². The van der Waals surface area contributed by atoms with E-state index in [2.05, 4.69) is 15.0 Å². The molecule has 98 valence electrons. The number of hydrogen-bond acceptors (Lipinski definition) is 5. The van der Waals surface area contributed by atoms with Gasteiger partial charge in [-0.25, -0.2) is 4.79 Å². The monoisotopic (exact) mass is 252 g/mol. The summed E-state index contributed by atoms with van der Waals surface area (Å²) in [5.74, 6) is -0.550. The highest BCUT2D eigenvalue weighted by atomic mass is 16.5. The fourth-order valence-corrected chi connectivity index (χ4v) is 1.29. The van der Waals surface area contributed by atoms with Crippen molar-refractivity contribution >= 4 is 11.9 Å². The second kappa shape index (κ2) is 7.39. The van der Waals surface area contributed by atoms with Crippen LogP contribution in [0.4, 0.5) is 0 Å². The van der Waals surface area contributed by atoms with E-state index in [-0.39, 0.29) is 12.5 Å². The van der Waals surface area contributed by atoms with Crippen LogP contribution in [0.5, 0.6) is 0 Å². The number of esters is 1. The smallest absolute Gasteiger partial charge is 0.337 e. The van der Waals surface area contributed by atoms with Gasteiger partial charge in [0.1, 0.15) is 0 Å². The van der Waals surface area contributed by atoms with Gasteiger partial charge in [-0.3, -0.25) is 9.78 Å². The summed E-state index contributed by atoms with van der Waals surface area (Å²) in [6.45, 7) is 0.648. The van der Waals surface area contributed by atoms with Crippen LogP contribution in [-0.4, -0.2) is 37.7 Å². The van der Waals surface area contributed by atoms with Gasteiger partial charge < -0.3 is 14.8 Å². The van der Waals surface area contributed by atoms with E-state index >= 15 is 0 Å². The summed E-state index contributed by atoms with van der Waals surface area (Å²) in [6.07, 6.45) is 1.80. The lowest BCUT2D eigenvalue weighted by molar-refractivity contribution is -0.122. The fourth-order valence-electron chi connectivity index (χ4n) is 1.29. The molecular weight excluding hydrogens is 236 g/mol. The molecule has 1 aromatic heterocycles. The average molecular weight is 252 g/mol. The van der Waals surface area contributed by atoms with Crippen molar-refractivity contribution in [1.29, 1.82) is 0 Å². The van der Waals surface area contributed by atoms with Gasteiger partial charge in [-0.05, 0) is 12.1 Å². The first-order valence-electron chi connectivity index (χ1n) is 5.46. The molecule has 0 unspecified atom stereocenters. The Morgan fingerprint density at radius 2 is 2.17 bits per heavy atom. The molecule has 0 radical (unpaired) electrons. The SMILES string of the molecule is COCCC(=O)NCc1cc(C(=O)OC)ccn1. The molecule has 6 nitrogen and oxygen atoms in total. The van der Waals surface area contributed by atoms with Crippen LogP contribution in [0.25, 0.3) is 0 Å². The molecule has 6 heteroatoms. The zero-order valence-corrected chi connectivity index (χ0v) is 10.4. The Labute approximate surface area is 105 Å². The molecule has 1 heterocycles. The summed E-state index contributed by atoms with van der Waals surface area (Å²) < 4.78 is 9.39. The molecule has 1 rings (SSSR count). The minimum absolute atomic E-state index is 0.123. The first-order chi connectivity index (χ1) is 8.67. The van der Waals surface area contributed by atoms with Crippen LogP contribution in [0.1, 0.15) is 22.5 Å². The molecule has 1 N–H and O–H groups in total. The van der Waals surface area contributed by atoms with E-state index in [1.165, 1.54) is 20.4 Å².